The monoisotopic (exact) mass is 804 g/mol. The summed E-state index contributed by atoms with van der Waals surface area (Å²) >= 11 is 0. The van der Waals surface area contributed by atoms with Gasteiger partial charge in [0, 0.05) is 60.4 Å². The minimum Gasteiger partial charge on any atom is -0.455 e. The maximum atomic E-state index is 6.96. The highest BCUT2D eigenvalue weighted by molar-refractivity contribution is 6.17. The second kappa shape index (κ2) is 14.0. The maximum Gasteiger partial charge on any atom is 0.160 e. The fourth-order valence-electron chi connectivity index (χ4n) is 9.74. The standard InChI is InChI=1S/C58H36N4O/c1-3-17-37(18-4-1)49-36-50(60-58(59-49)38-19-5-2-6-20-38)47-32-31-42(56-48-25-11-16-30-55(48)63-57(47)56)39-33-40(61-51-26-12-7-21-43(51)44-22-8-13-27-52(44)61)35-41(34-39)62-53-28-14-9-23-45(53)46-24-10-15-29-54(46)62/h1-36H. The topological polar surface area (TPSA) is 48.8 Å². The van der Waals surface area contributed by atoms with E-state index in [4.69, 9.17) is 14.4 Å². The van der Waals surface area contributed by atoms with Crippen LogP contribution in [-0.4, -0.2) is 19.1 Å². The molecular weight excluding hydrogens is 769 g/mol. The highest BCUT2D eigenvalue weighted by Gasteiger charge is 2.22. The zero-order valence-corrected chi connectivity index (χ0v) is 34.0. The van der Waals surface area contributed by atoms with Crippen LogP contribution in [0, 0.1) is 0 Å². The molecule has 0 fully saturated rings. The number of fused-ring (bicyclic) bond motifs is 9. The Hall–Kier alpha value is -8.54. The van der Waals surface area contributed by atoms with Crippen LogP contribution in [0.3, 0.4) is 0 Å². The molecule has 0 saturated heterocycles. The minimum atomic E-state index is 0.662. The van der Waals surface area contributed by atoms with Crippen LogP contribution < -0.4 is 0 Å². The van der Waals surface area contributed by atoms with Crippen LogP contribution >= 0.6 is 0 Å². The van der Waals surface area contributed by atoms with Crippen LogP contribution in [0.25, 0.3) is 122 Å². The lowest BCUT2D eigenvalue weighted by atomic mass is 9.95. The molecule has 294 valence electrons. The zero-order valence-electron chi connectivity index (χ0n) is 34.0. The van der Waals surface area contributed by atoms with Gasteiger partial charge in [-0.15, -0.1) is 0 Å². The van der Waals surface area contributed by atoms with Gasteiger partial charge in [0.15, 0.2) is 5.82 Å². The molecule has 9 aromatic carbocycles. The Morgan fingerprint density at radius 3 is 1.33 bits per heavy atom. The van der Waals surface area contributed by atoms with Crippen molar-refractivity contribution in [3.8, 4) is 56.4 Å². The van der Waals surface area contributed by atoms with E-state index in [0.717, 1.165) is 94.6 Å². The first-order valence-corrected chi connectivity index (χ1v) is 21.3. The largest absolute Gasteiger partial charge is 0.455 e. The number of benzene rings is 9. The van der Waals surface area contributed by atoms with Gasteiger partial charge in [0.1, 0.15) is 11.2 Å². The molecule has 5 heteroatoms. The molecule has 13 aromatic rings. The number of furan rings is 1. The summed E-state index contributed by atoms with van der Waals surface area (Å²) in [5, 5.41) is 6.97. The van der Waals surface area contributed by atoms with E-state index in [1.165, 1.54) is 21.5 Å². The molecule has 0 aliphatic carbocycles. The van der Waals surface area contributed by atoms with E-state index < -0.39 is 0 Å². The second-order valence-corrected chi connectivity index (χ2v) is 16.1. The third-order valence-corrected chi connectivity index (χ3v) is 12.5. The third-order valence-electron chi connectivity index (χ3n) is 12.5. The lowest BCUT2D eigenvalue weighted by Crippen LogP contribution is -2.00. The van der Waals surface area contributed by atoms with E-state index in [9.17, 15) is 0 Å². The Kier molecular flexibility index (Phi) is 7.84. The lowest BCUT2D eigenvalue weighted by molar-refractivity contribution is 0.670. The smallest absolute Gasteiger partial charge is 0.160 e. The fourth-order valence-corrected chi connectivity index (χ4v) is 9.74. The number of para-hydroxylation sites is 5. The summed E-state index contributed by atoms with van der Waals surface area (Å²) < 4.78 is 11.8. The minimum absolute atomic E-state index is 0.662. The zero-order chi connectivity index (χ0) is 41.4. The van der Waals surface area contributed by atoms with Gasteiger partial charge < -0.3 is 13.6 Å². The van der Waals surface area contributed by atoms with Gasteiger partial charge in [0.05, 0.1) is 33.5 Å². The normalized spacial score (nSPS) is 11.8. The molecule has 0 amide bonds. The Bertz CT molecular complexity index is 3620. The van der Waals surface area contributed by atoms with Gasteiger partial charge in [-0.25, -0.2) is 9.97 Å². The summed E-state index contributed by atoms with van der Waals surface area (Å²) in [7, 11) is 0. The van der Waals surface area contributed by atoms with Crippen LogP contribution in [0.2, 0.25) is 0 Å². The molecule has 4 heterocycles. The van der Waals surface area contributed by atoms with E-state index in [-0.39, 0.29) is 0 Å². The quantitative estimate of drug-likeness (QED) is 0.168. The molecule has 0 aliphatic rings. The molecular formula is C58H36N4O. The first-order chi connectivity index (χ1) is 31.2. The van der Waals surface area contributed by atoms with Gasteiger partial charge in [0.2, 0.25) is 0 Å². The van der Waals surface area contributed by atoms with Crippen LogP contribution in [0.15, 0.2) is 223 Å². The number of hydrogen-bond donors (Lipinski definition) is 0. The van der Waals surface area contributed by atoms with Crippen molar-refractivity contribution in [3.63, 3.8) is 0 Å². The van der Waals surface area contributed by atoms with Gasteiger partial charge in [-0.1, -0.05) is 158 Å². The molecule has 0 radical (unpaired) electrons. The molecule has 13 rings (SSSR count). The molecule has 5 nitrogen and oxygen atoms in total. The van der Waals surface area contributed by atoms with Gasteiger partial charge in [-0.05, 0) is 71.8 Å². The Morgan fingerprint density at radius 1 is 0.333 bits per heavy atom. The van der Waals surface area contributed by atoms with Crippen LogP contribution in [-0.2, 0) is 0 Å². The number of aromatic nitrogens is 4. The van der Waals surface area contributed by atoms with Gasteiger partial charge in [0.25, 0.3) is 0 Å². The summed E-state index contributed by atoms with van der Waals surface area (Å²) in [6.45, 7) is 0. The van der Waals surface area contributed by atoms with Crippen LogP contribution in [0.4, 0.5) is 0 Å². The lowest BCUT2D eigenvalue weighted by Gasteiger charge is -2.17. The van der Waals surface area contributed by atoms with Crippen LogP contribution in [0.5, 0.6) is 0 Å². The number of rotatable bonds is 6. The van der Waals surface area contributed by atoms with Crippen molar-refractivity contribution in [2.24, 2.45) is 0 Å². The fraction of sp³-hybridized carbons (Fsp3) is 0. The van der Waals surface area contributed by atoms with Gasteiger partial charge >= 0.3 is 0 Å². The summed E-state index contributed by atoms with van der Waals surface area (Å²) in [6, 6.07) is 77.3. The highest BCUT2D eigenvalue weighted by Crippen LogP contribution is 2.44. The maximum absolute atomic E-state index is 6.96. The van der Waals surface area contributed by atoms with E-state index in [1.807, 2.05) is 42.5 Å². The van der Waals surface area contributed by atoms with E-state index in [1.54, 1.807) is 0 Å². The molecule has 0 N–H and O–H groups in total. The van der Waals surface area contributed by atoms with Crippen molar-refractivity contribution in [2.45, 2.75) is 0 Å². The molecule has 0 aliphatic heterocycles. The Morgan fingerprint density at radius 2 is 0.778 bits per heavy atom. The summed E-state index contributed by atoms with van der Waals surface area (Å²) in [5.41, 5.74) is 15.1. The van der Waals surface area contributed by atoms with Crippen molar-refractivity contribution in [2.75, 3.05) is 0 Å². The second-order valence-electron chi connectivity index (χ2n) is 16.1. The molecule has 0 saturated carbocycles. The average molecular weight is 805 g/mol. The Balaban J connectivity index is 1.11. The molecule has 63 heavy (non-hydrogen) atoms. The average Bonchev–Trinajstić information content (AvgIpc) is 4.02. The Labute approximate surface area is 362 Å². The van der Waals surface area contributed by atoms with Gasteiger partial charge in [-0.2, -0.15) is 0 Å². The van der Waals surface area contributed by atoms with E-state index >= 15 is 0 Å². The van der Waals surface area contributed by atoms with Crippen molar-refractivity contribution >= 4 is 65.6 Å². The summed E-state index contributed by atoms with van der Waals surface area (Å²) in [5.74, 6) is 0.662. The first-order valence-electron chi connectivity index (χ1n) is 21.3. The predicted molar refractivity (Wildman–Crippen MR) is 260 cm³/mol. The third kappa shape index (κ3) is 5.57. The molecule has 0 spiro atoms. The first kappa shape index (κ1) is 35.2. The van der Waals surface area contributed by atoms with Gasteiger partial charge in [-0.3, -0.25) is 0 Å². The summed E-state index contributed by atoms with van der Waals surface area (Å²) in [4.78, 5) is 10.4. The van der Waals surface area contributed by atoms with Crippen molar-refractivity contribution in [1.29, 1.82) is 0 Å². The molecule has 0 unspecified atom stereocenters. The van der Waals surface area contributed by atoms with E-state index in [0.29, 0.717) is 5.82 Å². The van der Waals surface area contributed by atoms with Crippen molar-refractivity contribution in [3.05, 3.63) is 218 Å². The van der Waals surface area contributed by atoms with Crippen molar-refractivity contribution in [1.82, 2.24) is 19.1 Å². The molecule has 0 bridgehead atoms. The molecule has 4 aromatic heterocycles. The molecule has 0 atom stereocenters. The number of nitrogens with zero attached hydrogens (tertiary/aromatic N) is 4. The number of hydrogen-bond acceptors (Lipinski definition) is 3. The summed E-state index contributed by atoms with van der Waals surface area (Å²) in [6.07, 6.45) is 0. The van der Waals surface area contributed by atoms with Crippen LogP contribution in [0.1, 0.15) is 0 Å². The highest BCUT2D eigenvalue weighted by atomic mass is 16.3. The van der Waals surface area contributed by atoms with Crippen molar-refractivity contribution < 1.29 is 4.42 Å². The SMILES string of the molecule is c1ccc(-c2cc(-c3ccc(-c4cc(-n5c6ccccc6c6ccccc65)cc(-n5c6ccccc6c6ccccc65)c4)c4c3oc3ccccc34)nc(-c3ccccc3)n2)cc1. The predicted octanol–water partition coefficient (Wildman–Crippen LogP) is 15.2. The van der Waals surface area contributed by atoms with E-state index in [2.05, 4.69) is 185 Å².